The second kappa shape index (κ2) is 3.96. The van der Waals surface area contributed by atoms with Gasteiger partial charge in [-0.25, -0.2) is 9.78 Å². The van der Waals surface area contributed by atoms with E-state index < -0.39 is 6.09 Å². The zero-order valence-electron chi connectivity index (χ0n) is 7.95. The first-order valence-electron chi connectivity index (χ1n) is 4.55. The maximum absolute atomic E-state index is 10.8. The van der Waals surface area contributed by atoms with E-state index in [0.717, 1.165) is 5.69 Å². The molecule has 0 bridgehead atoms. The first-order valence-corrected chi connectivity index (χ1v) is 5.43. The Morgan fingerprint density at radius 2 is 2.57 bits per heavy atom. The van der Waals surface area contributed by atoms with Crippen LogP contribution in [0.1, 0.15) is 29.5 Å². The molecule has 14 heavy (non-hydrogen) atoms. The fourth-order valence-electron chi connectivity index (χ4n) is 1.16. The van der Waals surface area contributed by atoms with E-state index in [4.69, 9.17) is 0 Å². The summed E-state index contributed by atoms with van der Waals surface area (Å²) >= 11 is 1.68. The maximum atomic E-state index is 10.8. The summed E-state index contributed by atoms with van der Waals surface area (Å²) in [5.74, 6) is 0.687. The fourth-order valence-corrected chi connectivity index (χ4v) is 2.15. The number of amides is 1. The molecule has 1 aromatic heterocycles. The number of aromatic nitrogens is 1. The van der Waals surface area contributed by atoms with Crippen LogP contribution < -0.4 is 5.32 Å². The summed E-state index contributed by atoms with van der Waals surface area (Å²) in [5, 5.41) is 5.79. The van der Waals surface area contributed by atoms with Gasteiger partial charge in [-0.15, -0.1) is 11.3 Å². The molecule has 0 radical (unpaired) electrons. The molecule has 1 amide bonds. The molecule has 4 nitrogen and oxygen atoms in total. The van der Waals surface area contributed by atoms with Crippen molar-refractivity contribution in [3.8, 4) is 0 Å². The number of nitrogens with zero attached hydrogens (tertiary/aromatic N) is 1. The summed E-state index contributed by atoms with van der Waals surface area (Å²) in [6.45, 7) is 0.454. The van der Waals surface area contributed by atoms with Crippen molar-refractivity contribution in [2.45, 2.75) is 25.3 Å². The van der Waals surface area contributed by atoms with E-state index in [1.165, 1.54) is 25.0 Å². The van der Waals surface area contributed by atoms with Crippen molar-refractivity contribution in [1.82, 2.24) is 10.3 Å². The normalized spacial score (nSPS) is 15.2. The monoisotopic (exact) mass is 212 g/mol. The van der Waals surface area contributed by atoms with Crippen molar-refractivity contribution in [2.75, 3.05) is 7.11 Å². The van der Waals surface area contributed by atoms with Gasteiger partial charge in [-0.2, -0.15) is 0 Å². The molecule has 0 atom stereocenters. The number of ether oxygens (including phenoxy) is 1. The molecule has 0 saturated heterocycles. The first-order chi connectivity index (χ1) is 6.79. The highest BCUT2D eigenvalue weighted by Gasteiger charge is 2.26. The van der Waals surface area contributed by atoms with Gasteiger partial charge >= 0.3 is 6.09 Å². The Balaban J connectivity index is 1.86. The fraction of sp³-hybridized carbons (Fsp3) is 0.556. The van der Waals surface area contributed by atoms with E-state index in [2.05, 4.69) is 15.0 Å². The SMILES string of the molecule is COC(=O)NCc1csc(C2CC2)n1. The van der Waals surface area contributed by atoms with Gasteiger partial charge in [0.05, 0.1) is 24.4 Å². The lowest BCUT2D eigenvalue weighted by atomic mass is 10.4. The van der Waals surface area contributed by atoms with Crippen molar-refractivity contribution < 1.29 is 9.53 Å². The van der Waals surface area contributed by atoms with Crippen LogP contribution in [0, 0.1) is 0 Å². The molecule has 1 aliphatic rings. The third-order valence-electron chi connectivity index (χ3n) is 2.10. The van der Waals surface area contributed by atoms with Crippen molar-refractivity contribution in [2.24, 2.45) is 0 Å². The topological polar surface area (TPSA) is 51.2 Å². The highest BCUT2D eigenvalue weighted by Crippen LogP contribution is 2.41. The molecular formula is C9H12N2O2S. The molecule has 1 aliphatic carbocycles. The molecule has 1 fully saturated rings. The van der Waals surface area contributed by atoms with Crippen molar-refractivity contribution in [3.05, 3.63) is 16.1 Å². The summed E-state index contributed by atoms with van der Waals surface area (Å²) in [7, 11) is 1.35. The van der Waals surface area contributed by atoms with Crippen LogP contribution in [0.15, 0.2) is 5.38 Å². The minimum atomic E-state index is -0.411. The highest BCUT2D eigenvalue weighted by atomic mass is 32.1. The number of thiazole rings is 1. The van der Waals surface area contributed by atoms with Gasteiger partial charge in [0.25, 0.3) is 0 Å². The number of carbonyl (C=O) groups is 1. The van der Waals surface area contributed by atoms with Gasteiger partial charge in [-0.1, -0.05) is 0 Å². The molecule has 1 N–H and O–H groups in total. The van der Waals surface area contributed by atoms with Gasteiger partial charge in [0.1, 0.15) is 0 Å². The number of nitrogens with one attached hydrogen (secondary N) is 1. The van der Waals surface area contributed by atoms with Crippen LogP contribution >= 0.6 is 11.3 Å². The Morgan fingerprint density at radius 1 is 1.79 bits per heavy atom. The summed E-state index contributed by atoms with van der Waals surface area (Å²) < 4.78 is 4.46. The van der Waals surface area contributed by atoms with E-state index in [0.29, 0.717) is 12.5 Å². The van der Waals surface area contributed by atoms with Crippen LogP contribution in [0.2, 0.25) is 0 Å². The number of hydrogen-bond acceptors (Lipinski definition) is 4. The van der Waals surface area contributed by atoms with Crippen molar-refractivity contribution in [3.63, 3.8) is 0 Å². The molecule has 1 saturated carbocycles. The molecule has 0 spiro atoms. The van der Waals surface area contributed by atoms with Gasteiger partial charge in [-0.05, 0) is 12.8 Å². The van der Waals surface area contributed by atoms with Crippen LogP contribution in [0.25, 0.3) is 0 Å². The average molecular weight is 212 g/mol. The quantitative estimate of drug-likeness (QED) is 0.832. The summed E-state index contributed by atoms with van der Waals surface area (Å²) in [6, 6.07) is 0. The summed E-state index contributed by atoms with van der Waals surface area (Å²) in [6.07, 6.45) is 2.11. The highest BCUT2D eigenvalue weighted by molar-refractivity contribution is 7.09. The van der Waals surface area contributed by atoms with E-state index in [9.17, 15) is 4.79 Å². The van der Waals surface area contributed by atoms with Crippen LogP contribution in [0.3, 0.4) is 0 Å². The Labute approximate surface area is 86.3 Å². The van der Waals surface area contributed by atoms with Gasteiger partial charge in [0.15, 0.2) is 0 Å². The number of methoxy groups -OCH3 is 1. The van der Waals surface area contributed by atoms with Crippen LogP contribution in [-0.2, 0) is 11.3 Å². The maximum Gasteiger partial charge on any atom is 0.407 e. The standard InChI is InChI=1S/C9H12N2O2S/c1-13-9(12)10-4-7-5-14-8(11-7)6-2-3-6/h5-6H,2-4H2,1H3,(H,10,12). The first kappa shape index (κ1) is 9.45. The largest absolute Gasteiger partial charge is 0.453 e. The van der Waals surface area contributed by atoms with E-state index in [1.807, 2.05) is 5.38 Å². The summed E-state index contributed by atoms with van der Waals surface area (Å²) in [4.78, 5) is 15.2. The van der Waals surface area contributed by atoms with E-state index >= 15 is 0 Å². The predicted octanol–water partition coefficient (Wildman–Crippen LogP) is 1.88. The Kier molecular flexibility index (Phi) is 2.67. The zero-order chi connectivity index (χ0) is 9.97. The van der Waals surface area contributed by atoms with Crippen LogP contribution in [0.4, 0.5) is 4.79 Å². The molecule has 76 valence electrons. The minimum absolute atomic E-state index is 0.411. The molecule has 5 heteroatoms. The predicted molar refractivity (Wildman–Crippen MR) is 53.3 cm³/mol. The second-order valence-corrected chi connectivity index (χ2v) is 4.19. The summed E-state index contributed by atoms with van der Waals surface area (Å²) in [5.41, 5.74) is 0.919. The smallest absolute Gasteiger partial charge is 0.407 e. The minimum Gasteiger partial charge on any atom is -0.453 e. The lowest BCUT2D eigenvalue weighted by molar-refractivity contribution is 0.170. The van der Waals surface area contributed by atoms with Gasteiger partial charge in [0.2, 0.25) is 0 Å². The third-order valence-corrected chi connectivity index (χ3v) is 3.15. The Bertz CT molecular complexity index is 333. The second-order valence-electron chi connectivity index (χ2n) is 3.30. The van der Waals surface area contributed by atoms with E-state index in [-0.39, 0.29) is 0 Å². The zero-order valence-corrected chi connectivity index (χ0v) is 8.76. The number of rotatable bonds is 3. The molecule has 0 unspecified atom stereocenters. The van der Waals surface area contributed by atoms with Crippen LogP contribution in [0.5, 0.6) is 0 Å². The average Bonchev–Trinajstić information content (AvgIpc) is 2.95. The Hall–Kier alpha value is -1.10. The molecule has 1 heterocycles. The number of alkyl carbamates (subject to hydrolysis) is 1. The molecule has 2 rings (SSSR count). The lowest BCUT2D eigenvalue weighted by Gasteiger charge is -1.99. The molecular weight excluding hydrogens is 200 g/mol. The van der Waals surface area contributed by atoms with E-state index in [1.54, 1.807) is 11.3 Å². The van der Waals surface area contributed by atoms with Crippen molar-refractivity contribution >= 4 is 17.4 Å². The Morgan fingerprint density at radius 3 is 3.21 bits per heavy atom. The van der Waals surface area contributed by atoms with Gasteiger partial charge in [-0.3, -0.25) is 0 Å². The molecule has 0 aromatic carbocycles. The van der Waals surface area contributed by atoms with Gasteiger partial charge in [0, 0.05) is 11.3 Å². The molecule has 1 aromatic rings. The third kappa shape index (κ3) is 2.23. The van der Waals surface area contributed by atoms with Gasteiger partial charge < -0.3 is 10.1 Å². The van der Waals surface area contributed by atoms with Crippen molar-refractivity contribution in [1.29, 1.82) is 0 Å². The number of hydrogen-bond donors (Lipinski definition) is 1. The van der Waals surface area contributed by atoms with Crippen LogP contribution in [-0.4, -0.2) is 18.2 Å². The lowest BCUT2D eigenvalue weighted by Crippen LogP contribution is -2.22. The number of carbonyl (C=O) groups excluding carboxylic acids is 1. The molecule has 0 aliphatic heterocycles.